The van der Waals surface area contributed by atoms with Gasteiger partial charge in [-0.15, -0.1) is 0 Å². The van der Waals surface area contributed by atoms with E-state index in [0.717, 1.165) is 0 Å². The zero-order chi connectivity index (χ0) is 18.0. The zero-order valence-corrected chi connectivity index (χ0v) is 14.2. The number of carbonyl (C=O) groups excluding carboxylic acids is 1. The van der Waals surface area contributed by atoms with Gasteiger partial charge in [0, 0.05) is 38.2 Å². The molecule has 1 aromatic heterocycles. The number of anilines is 1. The Labute approximate surface area is 145 Å². The maximum Gasteiger partial charge on any atom is 0.276 e. The van der Waals surface area contributed by atoms with Crippen LogP contribution in [-0.2, 0) is 0 Å². The van der Waals surface area contributed by atoms with Crippen molar-refractivity contribution in [3.63, 3.8) is 0 Å². The minimum absolute atomic E-state index is 0.171. The van der Waals surface area contributed by atoms with Crippen LogP contribution in [-0.4, -0.2) is 42.1 Å². The van der Waals surface area contributed by atoms with Crippen molar-refractivity contribution in [2.75, 3.05) is 31.1 Å². The van der Waals surface area contributed by atoms with Crippen LogP contribution in [0.2, 0.25) is 0 Å². The third-order valence-corrected chi connectivity index (χ3v) is 4.30. The van der Waals surface area contributed by atoms with Gasteiger partial charge in [0.2, 0.25) is 0 Å². The first kappa shape index (κ1) is 17.0. The molecule has 1 fully saturated rings. The lowest BCUT2D eigenvalue weighted by Crippen LogP contribution is -2.49. The molecule has 3 rings (SSSR count). The summed E-state index contributed by atoms with van der Waals surface area (Å²) in [5, 5.41) is 12.7. The van der Waals surface area contributed by atoms with Gasteiger partial charge in [0.1, 0.15) is 11.6 Å². The number of nitrogens with zero attached hydrogens (tertiary/aromatic N) is 4. The minimum atomic E-state index is -0.420. The average molecular weight is 342 g/mol. The van der Waals surface area contributed by atoms with Crippen molar-refractivity contribution in [1.82, 2.24) is 10.1 Å². The van der Waals surface area contributed by atoms with E-state index in [9.17, 15) is 9.18 Å². The lowest BCUT2D eigenvalue weighted by Gasteiger charge is -2.35. The van der Waals surface area contributed by atoms with E-state index in [1.807, 2.05) is 24.8 Å². The van der Waals surface area contributed by atoms with Gasteiger partial charge in [-0.3, -0.25) is 4.79 Å². The number of piperazine rings is 1. The number of benzene rings is 1. The Morgan fingerprint density at radius 3 is 2.56 bits per heavy atom. The maximum atomic E-state index is 14.1. The Morgan fingerprint density at radius 2 is 2.00 bits per heavy atom. The maximum absolute atomic E-state index is 14.1. The number of halogens is 1. The predicted molar refractivity (Wildman–Crippen MR) is 89.8 cm³/mol. The molecule has 2 heterocycles. The Hall–Kier alpha value is -2.88. The van der Waals surface area contributed by atoms with Crippen molar-refractivity contribution in [3.05, 3.63) is 47.1 Å². The Kier molecular flexibility index (Phi) is 4.70. The third-order valence-electron chi connectivity index (χ3n) is 4.30. The molecule has 0 aliphatic carbocycles. The van der Waals surface area contributed by atoms with Crippen LogP contribution in [0, 0.1) is 17.1 Å². The first-order chi connectivity index (χ1) is 12.0. The average Bonchev–Trinajstić information content (AvgIpc) is 3.11. The molecule has 130 valence electrons. The van der Waals surface area contributed by atoms with Gasteiger partial charge in [0.25, 0.3) is 5.91 Å². The standard InChI is InChI=1S/C18H19FN4O2/c1-12(2)17-10-15(21-25-17)18(24)23-7-5-22(6-8-23)16-4-3-13(11-20)9-14(16)19/h3-4,9-10,12H,5-8H2,1-2H3. The van der Waals surface area contributed by atoms with Crippen LogP contribution in [0.15, 0.2) is 28.8 Å². The molecule has 2 aromatic rings. The molecule has 1 aliphatic heterocycles. The molecular formula is C18H19FN4O2. The summed E-state index contributed by atoms with van der Waals surface area (Å²) in [4.78, 5) is 16.1. The summed E-state index contributed by atoms with van der Waals surface area (Å²) in [7, 11) is 0. The van der Waals surface area contributed by atoms with Gasteiger partial charge in [-0.25, -0.2) is 4.39 Å². The van der Waals surface area contributed by atoms with Gasteiger partial charge >= 0.3 is 0 Å². The number of hydrogen-bond acceptors (Lipinski definition) is 5. The highest BCUT2D eigenvalue weighted by molar-refractivity contribution is 5.92. The Morgan fingerprint density at radius 1 is 1.28 bits per heavy atom. The van der Waals surface area contributed by atoms with Crippen LogP contribution in [0.5, 0.6) is 0 Å². The first-order valence-corrected chi connectivity index (χ1v) is 8.20. The van der Waals surface area contributed by atoms with Crippen LogP contribution >= 0.6 is 0 Å². The minimum Gasteiger partial charge on any atom is -0.366 e. The number of nitriles is 1. The van der Waals surface area contributed by atoms with Gasteiger partial charge in [-0.2, -0.15) is 5.26 Å². The summed E-state index contributed by atoms with van der Waals surface area (Å²) >= 11 is 0. The summed E-state index contributed by atoms with van der Waals surface area (Å²) in [6, 6.07) is 8.04. The van der Waals surface area contributed by atoms with Crippen molar-refractivity contribution in [2.24, 2.45) is 0 Å². The fourth-order valence-corrected chi connectivity index (χ4v) is 2.81. The number of rotatable bonds is 3. The molecule has 7 heteroatoms. The summed E-state index contributed by atoms with van der Waals surface area (Å²) in [5.41, 5.74) is 1.05. The summed E-state index contributed by atoms with van der Waals surface area (Å²) in [6.07, 6.45) is 0. The molecule has 1 aromatic carbocycles. The molecule has 1 aliphatic rings. The molecule has 0 radical (unpaired) electrons. The van der Waals surface area contributed by atoms with E-state index < -0.39 is 5.82 Å². The van der Waals surface area contributed by atoms with Gasteiger partial charge in [-0.05, 0) is 18.2 Å². The van der Waals surface area contributed by atoms with Crippen molar-refractivity contribution in [3.8, 4) is 6.07 Å². The van der Waals surface area contributed by atoms with Crippen molar-refractivity contribution < 1.29 is 13.7 Å². The predicted octanol–water partition coefficient (Wildman–Crippen LogP) is 2.77. The Bertz CT molecular complexity index is 817. The summed E-state index contributed by atoms with van der Waals surface area (Å²) in [5.74, 6) is 0.263. The molecule has 25 heavy (non-hydrogen) atoms. The highest BCUT2D eigenvalue weighted by Crippen LogP contribution is 2.23. The molecule has 0 spiro atoms. The van der Waals surface area contributed by atoms with Gasteiger partial charge in [0.15, 0.2) is 5.69 Å². The van der Waals surface area contributed by atoms with Gasteiger partial charge in [-0.1, -0.05) is 19.0 Å². The van der Waals surface area contributed by atoms with E-state index >= 15 is 0 Å². The molecule has 1 amide bonds. The molecule has 1 saturated heterocycles. The molecular weight excluding hydrogens is 323 g/mol. The van der Waals surface area contributed by atoms with Crippen LogP contribution in [0.4, 0.5) is 10.1 Å². The second kappa shape index (κ2) is 6.93. The molecule has 0 saturated carbocycles. The first-order valence-electron chi connectivity index (χ1n) is 8.20. The second-order valence-corrected chi connectivity index (χ2v) is 6.33. The van der Waals surface area contributed by atoms with Crippen LogP contribution in [0.1, 0.15) is 41.6 Å². The molecule has 0 bridgehead atoms. The van der Waals surface area contributed by atoms with E-state index in [4.69, 9.17) is 9.78 Å². The summed E-state index contributed by atoms with van der Waals surface area (Å²) < 4.78 is 19.3. The van der Waals surface area contributed by atoms with Gasteiger partial charge < -0.3 is 14.3 Å². The van der Waals surface area contributed by atoms with E-state index in [-0.39, 0.29) is 11.8 Å². The number of hydrogen-bond donors (Lipinski definition) is 0. The highest BCUT2D eigenvalue weighted by atomic mass is 19.1. The number of amides is 1. The van der Waals surface area contributed by atoms with E-state index in [1.54, 1.807) is 23.1 Å². The van der Waals surface area contributed by atoms with Crippen molar-refractivity contribution >= 4 is 11.6 Å². The largest absolute Gasteiger partial charge is 0.366 e. The normalized spacial score (nSPS) is 14.7. The molecule has 6 nitrogen and oxygen atoms in total. The van der Waals surface area contributed by atoms with E-state index in [2.05, 4.69) is 5.16 Å². The SMILES string of the molecule is CC(C)c1cc(C(=O)N2CCN(c3ccc(C#N)cc3F)CC2)no1. The van der Waals surface area contributed by atoms with Crippen LogP contribution in [0.3, 0.4) is 0 Å². The van der Waals surface area contributed by atoms with E-state index in [0.29, 0.717) is 48.9 Å². The monoisotopic (exact) mass is 342 g/mol. The van der Waals surface area contributed by atoms with Gasteiger partial charge in [0.05, 0.1) is 17.3 Å². The molecule has 0 N–H and O–H groups in total. The summed E-state index contributed by atoms with van der Waals surface area (Å²) in [6.45, 7) is 5.93. The fourth-order valence-electron chi connectivity index (χ4n) is 2.81. The quantitative estimate of drug-likeness (QED) is 0.857. The zero-order valence-electron chi connectivity index (χ0n) is 14.2. The highest BCUT2D eigenvalue weighted by Gasteiger charge is 2.26. The smallest absolute Gasteiger partial charge is 0.276 e. The van der Waals surface area contributed by atoms with Crippen molar-refractivity contribution in [1.29, 1.82) is 5.26 Å². The molecule has 0 atom stereocenters. The third kappa shape index (κ3) is 3.48. The number of carbonyl (C=O) groups is 1. The Balaban J connectivity index is 1.65. The fraction of sp³-hybridized carbons (Fsp3) is 0.389. The van der Waals surface area contributed by atoms with Crippen LogP contribution in [0.25, 0.3) is 0 Å². The van der Waals surface area contributed by atoms with Crippen LogP contribution < -0.4 is 4.90 Å². The lowest BCUT2D eigenvalue weighted by atomic mass is 10.1. The second-order valence-electron chi connectivity index (χ2n) is 6.33. The number of aromatic nitrogens is 1. The van der Waals surface area contributed by atoms with Crippen molar-refractivity contribution in [2.45, 2.75) is 19.8 Å². The lowest BCUT2D eigenvalue weighted by molar-refractivity contribution is 0.0736. The van der Waals surface area contributed by atoms with E-state index in [1.165, 1.54) is 6.07 Å². The topological polar surface area (TPSA) is 73.4 Å². The molecule has 0 unspecified atom stereocenters.